The highest BCUT2D eigenvalue weighted by Crippen LogP contribution is 2.17. The number of amides is 1. The number of nitrogens with zero attached hydrogens (tertiary/aromatic N) is 1. The van der Waals surface area contributed by atoms with Crippen LogP contribution in [0.3, 0.4) is 0 Å². The summed E-state index contributed by atoms with van der Waals surface area (Å²) in [6, 6.07) is 1.89. The predicted octanol–water partition coefficient (Wildman–Crippen LogP) is 1.42. The molecule has 0 bridgehead atoms. The molecule has 0 saturated carbocycles. The summed E-state index contributed by atoms with van der Waals surface area (Å²) in [6.07, 6.45) is 0.615. The number of nitrogens with one attached hydrogen (secondary N) is 2. The minimum Gasteiger partial charge on any atom is -0.316 e. The average molecular weight is 248 g/mol. The summed E-state index contributed by atoms with van der Waals surface area (Å²) in [5, 5.41) is 6.84. The van der Waals surface area contributed by atoms with Crippen molar-refractivity contribution in [3.8, 4) is 0 Å². The van der Waals surface area contributed by atoms with Crippen LogP contribution in [0.15, 0.2) is 6.07 Å². The van der Waals surface area contributed by atoms with Gasteiger partial charge in [0.15, 0.2) is 0 Å². The maximum Gasteiger partial charge on any atom is 0.225 e. The third-order valence-electron chi connectivity index (χ3n) is 2.23. The fraction of sp³-hybridized carbons (Fsp3) is 0.556. The second kappa shape index (κ2) is 5.44. The smallest absolute Gasteiger partial charge is 0.225 e. The van der Waals surface area contributed by atoms with Crippen molar-refractivity contribution in [1.29, 1.82) is 0 Å². The average Bonchev–Trinajstić information content (AvgIpc) is 2.44. The van der Waals surface area contributed by atoms with Gasteiger partial charge in [0.2, 0.25) is 5.91 Å². The Balaban J connectivity index is 0.00000112. The van der Waals surface area contributed by atoms with Gasteiger partial charge in [0.25, 0.3) is 0 Å². The molecule has 2 rings (SSSR count). The summed E-state index contributed by atoms with van der Waals surface area (Å²) >= 11 is 1.33. The quantitative estimate of drug-likeness (QED) is 0.850. The first-order chi connectivity index (χ1) is 6.74. The van der Waals surface area contributed by atoms with E-state index in [1.165, 1.54) is 11.5 Å². The van der Waals surface area contributed by atoms with Crippen LogP contribution >= 0.6 is 23.9 Å². The SMILES string of the molecule is Cc1cc(NC(=O)CC2CNC2)sn1.Cl. The lowest BCUT2D eigenvalue weighted by molar-refractivity contribution is -0.117. The number of carbonyl (C=O) groups excluding carboxylic acids is 1. The molecular weight excluding hydrogens is 234 g/mol. The Morgan fingerprint density at radius 2 is 2.47 bits per heavy atom. The number of hydrogen-bond donors (Lipinski definition) is 2. The highest BCUT2D eigenvalue weighted by molar-refractivity contribution is 7.10. The molecule has 0 radical (unpaired) electrons. The zero-order chi connectivity index (χ0) is 9.97. The van der Waals surface area contributed by atoms with Gasteiger partial charge in [-0.1, -0.05) is 0 Å². The van der Waals surface area contributed by atoms with Crippen molar-refractivity contribution >= 4 is 34.8 Å². The van der Waals surface area contributed by atoms with Crippen molar-refractivity contribution in [3.05, 3.63) is 11.8 Å². The van der Waals surface area contributed by atoms with Crippen molar-refractivity contribution in [1.82, 2.24) is 9.69 Å². The van der Waals surface area contributed by atoms with E-state index in [1.807, 2.05) is 13.0 Å². The third-order valence-corrected chi connectivity index (χ3v) is 3.03. The maximum absolute atomic E-state index is 11.5. The molecule has 1 amide bonds. The first-order valence-corrected chi connectivity index (χ1v) is 5.45. The molecule has 0 aromatic carbocycles. The molecule has 0 unspecified atom stereocenters. The summed E-state index contributed by atoms with van der Waals surface area (Å²) in [5.74, 6) is 0.615. The number of halogens is 1. The molecule has 0 aliphatic carbocycles. The number of rotatable bonds is 3. The zero-order valence-electron chi connectivity index (χ0n) is 8.45. The lowest BCUT2D eigenvalue weighted by Crippen LogP contribution is -2.43. The van der Waals surface area contributed by atoms with Gasteiger partial charge in [0.1, 0.15) is 5.00 Å². The van der Waals surface area contributed by atoms with E-state index in [2.05, 4.69) is 15.0 Å². The van der Waals surface area contributed by atoms with Crippen molar-refractivity contribution in [2.45, 2.75) is 13.3 Å². The number of carbonyl (C=O) groups is 1. The molecule has 1 fully saturated rings. The molecule has 1 saturated heterocycles. The van der Waals surface area contributed by atoms with Gasteiger partial charge in [-0.05, 0) is 43.5 Å². The van der Waals surface area contributed by atoms with E-state index in [0.717, 1.165) is 23.8 Å². The summed E-state index contributed by atoms with van der Waals surface area (Å²) in [6.45, 7) is 3.85. The second-order valence-corrected chi connectivity index (χ2v) is 4.41. The Kier molecular flexibility index (Phi) is 4.50. The summed E-state index contributed by atoms with van der Waals surface area (Å²) in [5.41, 5.74) is 0.954. The molecule has 0 spiro atoms. The van der Waals surface area contributed by atoms with Crippen LogP contribution in [0.2, 0.25) is 0 Å². The predicted molar refractivity (Wildman–Crippen MR) is 63.7 cm³/mol. The van der Waals surface area contributed by atoms with E-state index >= 15 is 0 Å². The molecule has 1 aliphatic rings. The first-order valence-electron chi connectivity index (χ1n) is 4.68. The molecule has 2 N–H and O–H groups in total. The standard InChI is InChI=1S/C9H13N3OS.ClH/c1-6-2-9(14-12-6)11-8(13)3-7-4-10-5-7;/h2,7,10H,3-5H2,1H3,(H,11,13);1H. The van der Waals surface area contributed by atoms with E-state index in [9.17, 15) is 4.79 Å². The zero-order valence-corrected chi connectivity index (χ0v) is 10.1. The Morgan fingerprint density at radius 1 is 1.73 bits per heavy atom. The number of anilines is 1. The van der Waals surface area contributed by atoms with Crippen LogP contribution in [0.4, 0.5) is 5.00 Å². The topological polar surface area (TPSA) is 54.0 Å². The molecule has 84 valence electrons. The van der Waals surface area contributed by atoms with Crippen molar-refractivity contribution in [3.63, 3.8) is 0 Å². The lowest BCUT2D eigenvalue weighted by Gasteiger charge is -2.26. The molecular formula is C9H14ClN3OS. The highest BCUT2D eigenvalue weighted by Gasteiger charge is 2.20. The molecule has 15 heavy (non-hydrogen) atoms. The van der Waals surface area contributed by atoms with Crippen molar-refractivity contribution in [2.24, 2.45) is 5.92 Å². The van der Waals surface area contributed by atoms with E-state index in [1.54, 1.807) is 0 Å². The minimum absolute atomic E-state index is 0. The molecule has 2 heterocycles. The Morgan fingerprint density at radius 3 is 2.93 bits per heavy atom. The monoisotopic (exact) mass is 247 g/mol. The fourth-order valence-corrected chi connectivity index (χ4v) is 2.04. The molecule has 1 aliphatic heterocycles. The lowest BCUT2D eigenvalue weighted by atomic mass is 9.99. The third kappa shape index (κ3) is 3.44. The van der Waals surface area contributed by atoms with Gasteiger partial charge in [-0.3, -0.25) is 4.79 Å². The van der Waals surface area contributed by atoms with Gasteiger partial charge in [0.05, 0.1) is 5.69 Å². The first kappa shape index (κ1) is 12.4. The van der Waals surface area contributed by atoms with Gasteiger partial charge in [-0.25, -0.2) is 0 Å². The minimum atomic E-state index is 0. The fourth-order valence-electron chi connectivity index (χ4n) is 1.37. The highest BCUT2D eigenvalue weighted by atomic mass is 35.5. The Hall–Kier alpha value is -0.650. The normalized spacial score (nSPS) is 15.3. The summed E-state index contributed by atoms with van der Waals surface area (Å²) in [4.78, 5) is 11.5. The molecule has 4 nitrogen and oxygen atoms in total. The van der Waals surface area contributed by atoms with E-state index < -0.39 is 0 Å². The van der Waals surface area contributed by atoms with Crippen LogP contribution in [0, 0.1) is 12.8 Å². The van der Waals surface area contributed by atoms with Crippen LogP contribution in [0.1, 0.15) is 12.1 Å². The molecule has 1 aromatic rings. The van der Waals surface area contributed by atoms with Gasteiger partial charge in [0, 0.05) is 6.42 Å². The number of aryl methyl sites for hydroxylation is 1. The van der Waals surface area contributed by atoms with E-state index in [0.29, 0.717) is 12.3 Å². The summed E-state index contributed by atoms with van der Waals surface area (Å²) < 4.78 is 4.10. The van der Waals surface area contributed by atoms with Crippen molar-refractivity contribution < 1.29 is 4.79 Å². The second-order valence-electron chi connectivity index (χ2n) is 3.61. The van der Waals surface area contributed by atoms with Crippen LogP contribution < -0.4 is 10.6 Å². The van der Waals surface area contributed by atoms with Gasteiger partial charge >= 0.3 is 0 Å². The number of aromatic nitrogens is 1. The van der Waals surface area contributed by atoms with Crippen LogP contribution in [0.5, 0.6) is 0 Å². The van der Waals surface area contributed by atoms with Gasteiger partial charge < -0.3 is 10.6 Å². The number of hydrogen-bond acceptors (Lipinski definition) is 4. The van der Waals surface area contributed by atoms with Crippen LogP contribution in [0.25, 0.3) is 0 Å². The molecule has 1 aromatic heterocycles. The van der Waals surface area contributed by atoms with Crippen LogP contribution in [-0.4, -0.2) is 23.4 Å². The van der Waals surface area contributed by atoms with Gasteiger partial charge in [-0.2, -0.15) is 4.37 Å². The maximum atomic E-state index is 11.5. The Bertz CT molecular complexity index is 338. The van der Waals surface area contributed by atoms with E-state index in [-0.39, 0.29) is 18.3 Å². The molecule has 0 atom stereocenters. The van der Waals surface area contributed by atoms with Crippen LogP contribution in [-0.2, 0) is 4.79 Å². The van der Waals surface area contributed by atoms with Crippen molar-refractivity contribution in [2.75, 3.05) is 18.4 Å². The largest absolute Gasteiger partial charge is 0.316 e. The Labute approximate surface area is 99.0 Å². The van der Waals surface area contributed by atoms with Gasteiger partial charge in [-0.15, -0.1) is 12.4 Å². The summed E-state index contributed by atoms with van der Waals surface area (Å²) in [7, 11) is 0. The van der Waals surface area contributed by atoms with E-state index in [4.69, 9.17) is 0 Å². The molecule has 6 heteroatoms.